The van der Waals surface area contributed by atoms with Crippen molar-refractivity contribution >= 4 is 49.4 Å². The Bertz CT molecular complexity index is 2360. The van der Waals surface area contributed by atoms with E-state index in [2.05, 4.69) is 94.3 Å². The summed E-state index contributed by atoms with van der Waals surface area (Å²) in [6.07, 6.45) is 0. The maximum absolute atomic E-state index is 9.55. The first-order valence-electron chi connectivity index (χ1n) is 13.7. The van der Waals surface area contributed by atoms with Gasteiger partial charge in [-0.2, -0.15) is 5.26 Å². The Morgan fingerprint density at radius 2 is 1.24 bits per heavy atom. The van der Waals surface area contributed by atoms with E-state index in [9.17, 15) is 5.26 Å². The van der Waals surface area contributed by atoms with Crippen molar-refractivity contribution in [1.82, 2.24) is 4.57 Å². The van der Waals surface area contributed by atoms with E-state index in [1.54, 1.807) is 0 Å². The molecule has 194 valence electrons. The molecule has 0 bridgehead atoms. The zero-order chi connectivity index (χ0) is 28.2. The number of nitriles is 1. The molecule has 0 unspecified atom stereocenters. The average Bonchev–Trinajstić information content (AvgIpc) is 3.59. The third kappa shape index (κ3) is 3.68. The minimum absolute atomic E-state index is 0.573. The van der Waals surface area contributed by atoms with Gasteiger partial charge < -0.3 is 8.98 Å². The van der Waals surface area contributed by atoms with Crippen LogP contribution in [0.5, 0.6) is 0 Å². The van der Waals surface area contributed by atoms with E-state index in [1.807, 2.05) is 48.5 Å². The predicted molar refractivity (Wildman–Crippen MR) is 170 cm³/mol. The van der Waals surface area contributed by atoms with Crippen molar-refractivity contribution in [2.45, 2.75) is 0 Å². The largest absolute Gasteiger partial charge is 0.456 e. The molecule has 6 aromatic carbocycles. The molecule has 0 radical (unpaired) electrons. The van der Waals surface area contributed by atoms with E-state index in [1.165, 1.54) is 11.1 Å². The molecule has 2 aromatic heterocycles. The molecule has 8 rings (SSSR count). The number of aromatic nitrogens is 1. The Kier molecular flexibility index (Phi) is 5.22. The monoisotopic (exact) mass is 535 g/mol. The van der Waals surface area contributed by atoms with Crippen LogP contribution in [-0.4, -0.2) is 4.57 Å². The van der Waals surface area contributed by atoms with Crippen LogP contribution in [0.3, 0.4) is 0 Å². The van der Waals surface area contributed by atoms with Crippen LogP contribution in [0.4, 0.5) is 5.69 Å². The van der Waals surface area contributed by atoms with Gasteiger partial charge in [0.1, 0.15) is 11.2 Å². The molecule has 0 aliphatic rings. The first-order chi connectivity index (χ1) is 20.7. The summed E-state index contributed by atoms with van der Waals surface area (Å²) in [6.45, 7) is 7.52. The normalized spacial score (nSPS) is 11.3. The molecule has 0 atom stereocenters. The van der Waals surface area contributed by atoms with E-state index in [4.69, 9.17) is 11.0 Å². The molecule has 0 aliphatic carbocycles. The lowest BCUT2D eigenvalue weighted by atomic mass is 9.98. The van der Waals surface area contributed by atoms with E-state index >= 15 is 0 Å². The Balaban J connectivity index is 1.32. The number of furan rings is 1. The van der Waals surface area contributed by atoms with Gasteiger partial charge >= 0.3 is 0 Å². The van der Waals surface area contributed by atoms with Crippen LogP contribution in [0.15, 0.2) is 132 Å². The Hall–Kier alpha value is -6.10. The molecular weight excluding hydrogens is 514 g/mol. The van der Waals surface area contributed by atoms with Crippen LogP contribution in [0.25, 0.3) is 76.5 Å². The van der Waals surface area contributed by atoms with Gasteiger partial charge in [-0.25, -0.2) is 4.85 Å². The maximum atomic E-state index is 9.55. The van der Waals surface area contributed by atoms with Crippen molar-refractivity contribution < 1.29 is 4.42 Å². The molecule has 0 fully saturated rings. The first-order valence-corrected chi connectivity index (χ1v) is 13.7. The lowest BCUT2D eigenvalue weighted by Crippen LogP contribution is -1.93. The van der Waals surface area contributed by atoms with Gasteiger partial charge in [0.25, 0.3) is 0 Å². The van der Waals surface area contributed by atoms with Crippen LogP contribution in [0.1, 0.15) is 5.56 Å². The fraction of sp³-hybridized carbons (Fsp3) is 0. The highest BCUT2D eigenvalue weighted by atomic mass is 16.3. The number of hydrogen-bond acceptors (Lipinski definition) is 2. The highest BCUT2D eigenvalue weighted by Crippen LogP contribution is 2.38. The summed E-state index contributed by atoms with van der Waals surface area (Å²) in [5, 5.41) is 13.5. The molecule has 42 heavy (non-hydrogen) atoms. The molecule has 0 spiro atoms. The summed E-state index contributed by atoms with van der Waals surface area (Å²) in [7, 11) is 0. The van der Waals surface area contributed by atoms with Crippen molar-refractivity contribution in [3.05, 3.63) is 144 Å². The van der Waals surface area contributed by atoms with Gasteiger partial charge in [0.2, 0.25) is 0 Å². The van der Waals surface area contributed by atoms with Gasteiger partial charge in [-0.05, 0) is 94.4 Å². The lowest BCUT2D eigenvalue weighted by Gasteiger charge is -2.08. The molecule has 4 heteroatoms. The summed E-state index contributed by atoms with van der Waals surface area (Å²) >= 11 is 0. The quantitative estimate of drug-likeness (QED) is 0.211. The minimum atomic E-state index is 0.573. The van der Waals surface area contributed by atoms with E-state index in [-0.39, 0.29) is 0 Å². The van der Waals surface area contributed by atoms with Crippen molar-refractivity contribution in [2.75, 3.05) is 0 Å². The molecule has 2 heterocycles. The highest BCUT2D eigenvalue weighted by molar-refractivity contribution is 6.12. The number of benzene rings is 6. The highest BCUT2D eigenvalue weighted by Gasteiger charge is 2.16. The number of rotatable bonds is 3. The number of fused-ring (bicyclic) bond motifs is 6. The summed E-state index contributed by atoms with van der Waals surface area (Å²) in [6, 6.07) is 45.4. The van der Waals surface area contributed by atoms with Crippen LogP contribution in [0, 0.1) is 17.9 Å². The molecule has 0 N–H and O–H groups in total. The second-order valence-electron chi connectivity index (χ2n) is 10.4. The SMILES string of the molecule is [C-]#[N+]c1ccc2c(c1)c1cc(C#N)ccc1n2-c1ccc2oc3ccc(-c4cccc(-c5ccccc5)c4)cc3c2c1. The second kappa shape index (κ2) is 9.24. The smallest absolute Gasteiger partial charge is 0.188 e. The fourth-order valence-corrected chi connectivity index (χ4v) is 6.02. The van der Waals surface area contributed by atoms with Crippen molar-refractivity contribution in [1.29, 1.82) is 5.26 Å². The van der Waals surface area contributed by atoms with Crippen LogP contribution in [0.2, 0.25) is 0 Å². The second-order valence-corrected chi connectivity index (χ2v) is 10.4. The molecule has 4 nitrogen and oxygen atoms in total. The van der Waals surface area contributed by atoms with Gasteiger partial charge in [0.05, 0.1) is 29.2 Å². The minimum Gasteiger partial charge on any atom is -0.456 e. The fourth-order valence-electron chi connectivity index (χ4n) is 6.02. The lowest BCUT2D eigenvalue weighted by molar-refractivity contribution is 0.669. The Morgan fingerprint density at radius 1 is 0.571 bits per heavy atom. The average molecular weight is 536 g/mol. The van der Waals surface area contributed by atoms with E-state index in [0.717, 1.165) is 60.6 Å². The van der Waals surface area contributed by atoms with E-state index < -0.39 is 0 Å². The van der Waals surface area contributed by atoms with Crippen LogP contribution < -0.4 is 0 Å². The van der Waals surface area contributed by atoms with Crippen molar-refractivity contribution in [3.63, 3.8) is 0 Å². The molecule has 0 saturated carbocycles. The topological polar surface area (TPSA) is 46.2 Å². The zero-order valence-corrected chi connectivity index (χ0v) is 22.4. The molecule has 0 saturated heterocycles. The Morgan fingerprint density at radius 3 is 2.02 bits per heavy atom. The third-order valence-electron chi connectivity index (χ3n) is 8.02. The first kappa shape index (κ1) is 23.8. The van der Waals surface area contributed by atoms with Crippen molar-refractivity contribution in [3.8, 4) is 34.0 Å². The molecule has 8 aromatic rings. The summed E-state index contributed by atoms with van der Waals surface area (Å²) < 4.78 is 8.47. The van der Waals surface area contributed by atoms with Crippen LogP contribution in [-0.2, 0) is 0 Å². The van der Waals surface area contributed by atoms with Gasteiger partial charge in [-0.15, -0.1) is 0 Å². The summed E-state index contributed by atoms with van der Waals surface area (Å²) in [5.41, 5.74) is 10.4. The number of nitrogens with zero attached hydrogens (tertiary/aromatic N) is 3. The third-order valence-corrected chi connectivity index (χ3v) is 8.02. The van der Waals surface area contributed by atoms with Gasteiger partial charge in [-0.1, -0.05) is 60.7 Å². The zero-order valence-electron chi connectivity index (χ0n) is 22.4. The number of hydrogen-bond donors (Lipinski definition) is 0. The molecular formula is C38H21N3O. The Labute approximate surface area is 241 Å². The summed E-state index contributed by atoms with van der Waals surface area (Å²) in [4.78, 5) is 3.64. The summed E-state index contributed by atoms with van der Waals surface area (Å²) in [5.74, 6) is 0. The van der Waals surface area contributed by atoms with Crippen LogP contribution >= 0.6 is 0 Å². The standard InChI is InChI=1S/C38H21N3O/c1-40-29-12-15-36-32(21-29)31-18-24(23-39)10-14-35(31)41(36)30-13-17-38-34(22-30)33-20-28(11-16-37(33)42-38)27-9-5-8-26(19-27)25-6-3-2-4-7-25/h2-22H. The van der Waals surface area contributed by atoms with Gasteiger partial charge in [-0.3, -0.25) is 0 Å². The van der Waals surface area contributed by atoms with E-state index in [0.29, 0.717) is 11.3 Å². The van der Waals surface area contributed by atoms with Gasteiger partial charge in [0, 0.05) is 21.8 Å². The van der Waals surface area contributed by atoms with Crippen molar-refractivity contribution in [2.24, 2.45) is 0 Å². The maximum Gasteiger partial charge on any atom is 0.188 e. The molecule has 0 amide bonds. The molecule has 0 aliphatic heterocycles. The van der Waals surface area contributed by atoms with Gasteiger partial charge in [0.15, 0.2) is 5.69 Å². The predicted octanol–water partition coefficient (Wildman–Crippen LogP) is 10.4.